The molecule has 1 saturated carbocycles. The van der Waals surface area contributed by atoms with Crippen molar-refractivity contribution in [1.82, 2.24) is 10.6 Å². The minimum absolute atomic E-state index is 0.0212. The smallest absolute Gasteiger partial charge is 0.407 e. The normalized spacial score (nSPS) is 19.6. The van der Waals surface area contributed by atoms with Crippen molar-refractivity contribution >= 4 is 18.0 Å². The summed E-state index contributed by atoms with van der Waals surface area (Å²) in [7, 11) is 0. The number of carbonyl (C=O) groups excluding carboxylic acids is 2. The van der Waals surface area contributed by atoms with Crippen LogP contribution in [0.3, 0.4) is 0 Å². The van der Waals surface area contributed by atoms with Crippen molar-refractivity contribution in [3.8, 4) is 11.1 Å². The molecule has 0 aromatic heterocycles. The van der Waals surface area contributed by atoms with Crippen LogP contribution in [0.15, 0.2) is 48.5 Å². The molecule has 0 heterocycles. The predicted octanol–water partition coefficient (Wildman–Crippen LogP) is 4.70. The number of nitrogens with one attached hydrogen (secondary N) is 2. The Morgan fingerprint density at radius 2 is 1.63 bits per heavy atom. The zero-order chi connectivity index (χ0) is 24.9. The molecule has 7 nitrogen and oxygen atoms in total. The van der Waals surface area contributed by atoms with Crippen LogP contribution in [0, 0.1) is 11.8 Å². The van der Waals surface area contributed by atoms with Crippen molar-refractivity contribution < 1.29 is 24.2 Å². The van der Waals surface area contributed by atoms with Gasteiger partial charge < -0.3 is 20.5 Å². The fraction of sp³-hybridized carbons (Fsp3) is 0.464. The van der Waals surface area contributed by atoms with Crippen LogP contribution in [0.1, 0.15) is 63.0 Å². The number of ether oxygens (including phenoxy) is 1. The molecule has 0 saturated heterocycles. The first-order valence-electron chi connectivity index (χ1n) is 12.4. The Morgan fingerprint density at radius 3 is 2.23 bits per heavy atom. The number of carboxylic acid groups (broad SMARTS) is 1. The molecule has 1 fully saturated rings. The second kappa shape index (κ2) is 10.9. The van der Waals surface area contributed by atoms with Crippen LogP contribution >= 0.6 is 0 Å². The zero-order valence-corrected chi connectivity index (χ0v) is 20.3. The van der Waals surface area contributed by atoms with E-state index < -0.39 is 12.1 Å². The number of hydrogen-bond acceptors (Lipinski definition) is 4. The SMILES string of the molecule is CC(C)[C@@H](CC(=O)O)NC(=O)C[C@H]1CC[C@@H](NC(=O)OCC2c3ccccc3-c3ccccc32)C1. The molecule has 4 rings (SSSR count). The molecule has 3 atom stereocenters. The van der Waals surface area contributed by atoms with Crippen molar-refractivity contribution in [2.75, 3.05) is 6.61 Å². The Balaban J connectivity index is 1.24. The third-order valence-electron chi connectivity index (χ3n) is 7.23. The summed E-state index contributed by atoms with van der Waals surface area (Å²) in [5.74, 6) is -0.824. The van der Waals surface area contributed by atoms with Crippen LogP contribution in [0.4, 0.5) is 4.79 Å². The fourth-order valence-corrected chi connectivity index (χ4v) is 5.37. The molecule has 2 aromatic carbocycles. The molecule has 186 valence electrons. The van der Waals surface area contributed by atoms with Crippen LogP contribution < -0.4 is 10.6 Å². The summed E-state index contributed by atoms with van der Waals surface area (Å²) in [6, 6.07) is 16.1. The molecule has 7 heteroatoms. The van der Waals surface area contributed by atoms with Gasteiger partial charge in [0.1, 0.15) is 6.61 Å². The van der Waals surface area contributed by atoms with Crippen LogP contribution in [0.5, 0.6) is 0 Å². The Labute approximate surface area is 206 Å². The second-order valence-electron chi connectivity index (χ2n) is 10.1. The summed E-state index contributed by atoms with van der Waals surface area (Å²) >= 11 is 0. The maximum atomic E-state index is 12.6. The largest absolute Gasteiger partial charge is 0.481 e. The molecule has 3 N–H and O–H groups in total. The van der Waals surface area contributed by atoms with E-state index in [0.29, 0.717) is 12.8 Å². The highest BCUT2D eigenvalue weighted by Crippen LogP contribution is 2.44. The van der Waals surface area contributed by atoms with Crippen molar-refractivity contribution in [2.45, 2.75) is 64.0 Å². The first-order valence-corrected chi connectivity index (χ1v) is 12.4. The summed E-state index contributed by atoms with van der Waals surface area (Å²) in [5, 5.41) is 14.9. The third-order valence-corrected chi connectivity index (χ3v) is 7.23. The van der Waals surface area contributed by atoms with Gasteiger partial charge in [0.05, 0.1) is 6.42 Å². The molecule has 2 aliphatic rings. The standard InChI is InChI=1S/C28H34N2O5/c1-17(2)25(15-27(32)33)30-26(31)14-18-11-12-19(13-18)29-28(34)35-16-24-22-9-5-3-7-20(22)21-8-4-6-10-23(21)24/h3-10,17-19,24-25H,11-16H2,1-2H3,(H,29,34)(H,30,31)(H,32,33)/t18-,19+,25+/m0/s1. The maximum absolute atomic E-state index is 12.6. The van der Waals surface area contributed by atoms with Gasteiger partial charge in [-0.3, -0.25) is 9.59 Å². The lowest BCUT2D eigenvalue weighted by atomic mass is 9.98. The third kappa shape index (κ3) is 6.02. The lowest BCUT2D eigenvalue weighted by molar-refractivity contribution is -0.138. The molecular formula is C28H34N2O5. The topological polar surface area (TPSA) is 105 Å². The van der Waals surface area contributed by atoms with E-state index in [1.54, 1.807) is 0 Å². The summed E-state index contributed by atoms with van der Waals surface area (Å²) in [6.45, 7) is 4.08. The van der Waals surface area contributed by atoms with Gasteiger partial charge in [0.2, 0.25) is 5.91 Å². The zero-order valence-electron chi connectivity index (χ0n) is 20.3. The average Bonchev–Trinajstić information content (AvgIpc) is 3.38. The van der Waals surface area contributed by atoms with Gasteiger partial charge in [0.15, 0.2) is 0 Å². The number of fused-ring (bicyclic) bond motifs is 3. The highest BCUT2D eigenvalue weighted by atomic mass is 16.5. The van der Waals surface area contributed by atoms with Crippen LogP contribution in [-0.2, 0) is 14.3 Å². The van der Waals surface area contributed by atoms with Gasteiger partial charge in [0, 0.05) is 24.4 Å². The van der Waals surface area contributed by atoms with E-state index in [9.17, 15) is 14.4 Å². The summed E-state index contributed by atoms with van der Waals surface area (Å²) < 4.78 is 5.65. The lowest BCUT2D eigenvalue weighted by Crippen LogP contribution is -2.40. The number of alkyl carbamates (subject to hydrolysis) is 1. The van der Waals surface area contributed by atoms with Crippen LogP contribution in [0.2, 0.25) is 0 Å². The molecule has 0 spiro atoms. The monoisotopic (exact) mass is 478 g/mol. The van der Waals surface area contributed by atoms with E-state index in [1.165, 1.54) is 22.3 Å². The Bertz CT molecular complexity index is 1040. The van der Waals surface area contributed by atoms with Gasteiger partial charge in [-0.1, -0.05) is 62.4 Å². The Morgan fingerprint density at radius 1 is 1.00 bits per heavy atom. The number of aliphatic carboxylic acids is 1. The molecule has 2 aliphatic carbocycles. The van der Waals surface area contributed by atoms with Crippen LogP contribution in [-0.4, -0.2) is 41.8 Å². The number of rotatable bonds is 9. The van der Waals surface area contributed by atoms with Gasteiger partial charge in [-0.25, -0.2) is 4.79 Å². The van der Waals surface area contributed by atoms with Crippen LogP contribution in [0.25, 0.3) is 11.1 Å². The molecule has 0 radical (unpaired) electrons. The Kier molecular flexibility index (Phi) is 7.73. The highest BCUT2D eigenvalue weighted by Gasteiger charge is 2.31. The highest BCUT2D eigenvalue weighted by molar-refractivity contribution is 5.79. The molecule has 35 heavy (non-hydrogen) atoms. The minimum atomic E-state index is -0.919. The van der Waals surface area contributed by atoms with Gasteiger partial charge in [-0.2, -0.15) is 0 Å². The van der Waals surface area contributed by atoms with E-state index in [-0.39, 0.29) is 48.8 Å². The van der Waals surface area contributed by atoms with Crippen molar-refractivity contribution in [3.05, 3.63) is 59.7 Å². The lowest BCUT2D eigenvalue weighted by Gasteiger charge is -2.21. The molecule has 0 bridgehead atoms. The van der Waals surface area contributed by atoms with E-state index in [2.05, 4.69) is 34.9 Å². The van der Waals surface area contributed by atoms with Crippen molar-refractivity contribution in [1.29, 1.82) is 0 Å². The second-order valence-corrected chi connectivity index (χ2v) is 10.1. The summed E-state index contributed by atoms with van der Waals surface area (Å²) in [4.78, 5) is 36.1. The van der Waals surface area contributed by atoms with E-state index >= 15 is 0 Å². The average molecular weight is 479 g/mol. The molecule has 0 aliphatic heterocycles. The fourth-order valence-electron chi connectivity index (χ4n) is 5.37. The predicted molar refractivity (Wildman–Crippen MR) is 133 cm³/mol. The number of benzene rings is 2. The number of carboxylic acids is 1. The number of carbonyl (C=O) groups is 3. The molecule has 2 amide bonds. The molecule has 0 unspecified atom stereocenters. The van der Waals surface area contributed by atoms with E-state index in [0.717, 1.165) is 12.8 Å². The number of amides is 2. The Hall–Kier alpha value is -3.35. The minimum Gasteiger partial charge on any atom is -0.481 e. The summed E-state index contributed by atoms with van der Waals surface area (Å²) in [6.07, 6.45) is 2.18. The van der Waals surface area contributed by atoms with Crippen molar-refractivity contribution in [3.63, 3.8) is 0 Å². The van der Waals surface area contributed by atoms with Crippen molar-refractivity contribution in [2.24, 2.45) is 11.8 Å². The number of hydrogen-bond donors (Lipinski definition) is 3. The quantitative estimate of drug-likeness (QED) is 0.485. The van der Waals surface area contributed by atoms with Gasteiger partial charge >= 0.3 is 12.1 Å². The van der Waals surface area contributed by atoms with E-state index in [1.807, 2.05) is 38.1 Å². The summed E-state index contributed by atoms with van der Waals surface area (Å²) in [5.41, 5.74) is 4.74. The van der Waals surface area contributed by atoms with Gasteiger partial charge in [-0.15, -0.1) is 0 Å². The molecule has 2 aromatic rings. The van der Waals surface area contributed by atoms with Gasteiger partial charge in [-0.05, 0) is 53.4 Å². The maximum Gasteiger partial charge on any atom is 0.407 e. The first kappa shape index (κ1) is 24.8. The van der Waals surface area contributed by atoms with Gasteiger partial charge in [0.25, 0.3) is 0 Å². The first-order chi connectivity index (χ1) is 16.8. The molecular weight excluding hydrogens is 444 g/mol. The van der Waals surface area contributed by atoms with E-state index in [4.69, 9.17) is 9.84 Å².